The van der Waals surface area contributed by atoms with Gasteiger partial charge in [0.1, 0.15) is 17.7 Å². The number of halogens is 2. The zero-order valence-electron chi connectivity index (χ0n) is 31.6. The van der Waals surface area contributed by atoms with Gasteiger partial charge in [0.25, 0.3) is 10.0 Å². The molecule has 0 bridgehead atoms. The van der Waals surface area contributed by atoms with E-state index in [2.05, 4.69) is 10.2 Å². The molecule has 4 rings (SSSR count). The van der Waals surface area contributed by atoms with Crippen molar-refractivity contribution in [3.63, 3.8) is 0 Å². The van der Waals surface area contributed by atoms with Gasteiger partial charge in [0, 0.05) is 35.2 Å². The third-order valence-electron chi connectivity index (χ3n) is 7.58. The van der Waals surface area contributed by atoms with Crippen molar-refractivity contribution in [3.05, 3.63) is 70.8 Å². The number of imide groups is 1. The first kappa shape index (κ1) is 42.1. The Morgan fingerprint density at radius 1 is 0.833 bits per heavy atom. The zero-order chi connectivity index (χ0) is 40.0. The third kappa shape index (κ3) is 11.2. The minimum Gasteiger partial charge on any atom is -0.464 e. The van der Waals surface area contributed by atoms with Gasteiger partial charge in [0.05, 0.1) is 29.3 Å². The van der Waals surface area contributed by atoms with E-state index < -0.39 is 45.9 Å². The lowest BCUT2D eigenvalue weighted by molar-refractivity contribution is -0.141. The number of hydrogen-bond acceptors (Lipinski definition) is 11. The third-order valence-corrected chi connectivity index (χ3v) is 9.77. The first-order chi connectivity index (χ1) is 25.2. The molecular formula is C37H46Cl2N6O8S. The van der Waals surface area contributed by atoms with Crippen LogP contribution in [0.4, 0.5) is 21.1 Å². The highest BCUT2D eigenvalue weighted by Crippen LogP contribution is 2.31. The zero-order valence-corrected chi connectivity index (χ0v) is 34.0. The molecule has 0 saturated carbocycles. The van der Waals surface area contributed by atoms with Gasteiger partial charge in [-0.15, -0.1) is 10.2 Å². The molecule has 2 amide bonds. The quantitative estimate of drug-likeness (QED) is 0.0737. The molecule has 0 aliphatic heterocycles. The molecule has 0 saturated heterocycles. The molecule has 2 heterocycles. The van der Waals surface area contributed by atoms with Gasteiger partial charge in [-0.05, 0) is 103 Å². The van der Waals surface area contributed by atoms with Gasteiger partial charge in [-0.3, -0.25) is 13.7 Å². The SMILES string of the molecule is CCCCOC(=O)CN(c1ccc2c(ccn2-c2ccc(N(C)CCN(C(=O)OC(C)(C)C)C(=O)OC(C)(C)C)nn2)c1)S(=O)(=O)c1cc(Cl)cc(Cl)c1. The molecule has 17 heteroatoms. The number of likely N-dealkylation sites (N-methyl/N-ethyl adjacent to an activating group) is 1. The Bertz CT molecular complexity index is 2030. The van der Waals surface area contributed by atoms with Crippen LogP contribution in [-0.2, 0) is 29.0 Å². The van der Waals surface area contributed by atoms with E-state index in [-0.39, 0.29) is 40.3 Å². The number of nitrogens with zero attached hydrogens (tertiary/aromatic N) is 6. The summed E-state index contributed by atoms with van der Waals surface area (Å²) in [5, 5.41) is 9.66. The van der Waals surface area contributed by atoms with Gasteiger partial charge in [-0.25, -0.2) is 22.9 Å². The average molecular weight is 806 g/mol. The molecule has 0 unspecified atom stereocenters. The largest absolute Gasteiger partial charge is 0.464 e. The summed E-state index contributed by atoms with van der Waals surface area (Å²) < 4.78 is 46.8. The summed E-state index contributed by atoms with van der Waals surface area (Å²) in [7, 11) is -2.57. The second-order valence-corrected chi connectivity index (χ2v) is 17.1. The van der Waals surface area contributed by atoms with Crippen LogP contribution in [-0.4, -0.2) is 90.7 Å². The summed E-state index contributed by atoms with van der Waals surface area (Å²) in [5.41, 5.74) is -0.731. The van der Waals surface area contributed by atoms with E-state index in [1.807, 2.05) is 6.92 Å². The van der Waals surface area contributed by atoms with Gasteiger partial charge in [-0.1, -0.05) is 36.5 Å². The summed E-state index contributed by atoms with van der Waals surface area (Å²) in [5.74, 6) is 0.232. The maximum Gasteiger partial charge on any atom is 0.419 e. The number of esters is 1. The van der Waals surface area contributed by atoms with Crippen molar-refractivity contribution >= 4 is 73.8 Å². The number of hydrogen-bond donors (Lipinski definition) is 0. The number of carbonyl (C=O) groups excluding carboxylic acids is 3. The lowest BCUT2D eigenvalue weighted by Gasteiger charge is -2.29. The van der Waals surface area contributed by atoms with Crippen molar-refractivity contribution in [1.29, 1.82) is 0 Å². The molecular weight excluding hydrogens is 759 g/mol. The minimum absolute atomic E-state index is 0.0398. The molecule has 0 fully saturated rings. The first-order valence-corrected chi connectivity index (χ1v) is 19.4. The summed E-state index contributed by atoms with van der Waals surface area (Å²) in [6, 6.07) is 14.2. The lowest BCUT2D eigenvalue weighted by atomic mass is 10.2. The fourth-order valence-electron chi connectivity index (χ4n) is 5.00. The number of rotatable bonds is 13. The van der Waals surface area contributed by atoms with Crippen LogP contribution in [0.3, 0.4) is 0 Å². The molecule has 292 valence electrons. The first-order valence-electron chi connectivity index (χ1n) is 17.2. The standard InChI is InChI=1S/C37H46Cl2N6O8S/c1-9-10-19-51-33(46)24-45(54(49,50)29-22-26(38)21-27(39)23-29)28-11-12-30-25(20-28)15-16-43(30)32-14-13-31(40-41-32)42(8)17-18-44(34(47)52-36(2,3)4)35(48)53-37(5,6)7/h11-16,20-23H,9-10,17-19,24H2,1-8H3. The molecule has 54 heavy (non-hydrogen) atoms. The van der Waals surface area contributed by atoms with Crippen LogP contribution in [0.25, 0.3) is 16.7 Å². The fraction of sp³-hybridized carbons (Fsp3) is 0.432. The van der Waals surface area contributed by atoms with Gasteiger partial charge in [0.2, 0.25) is 0 Å². The van der Waals surface area contributed by atoms with Gasteiger partial charge >= 0.3 is 18.2 Å². The molecule has 0 N–H and O–H groups in total. The molecule has 0 atom stereocenters. The highest BCUT2D eigenvalue weighted by atomic mass is 35.5. The van der Waals surface area contributed by atoms with Gasteiger partial charge in [0.15, 0.2) is 11.6 Å². The van der Waals surface area contributed by atoms with Crippen molar-refractivity contribution < 1.29 is 37.0 Å². The Labute approximate surface area is 325 Å². The van der Waals surface area contributed by atoms with Crippen LogP contribution in [0.15, 0.2) is 65.7 Å². The minimum atomic E-state index is -4.31. The van der Waals surface area contributed by atoms with Crippen LogP contribution in [0, 0.1) is 0 Å². The Balaban J connectivity index is 1.57. The second-order valence-electron chi connectivity index (χ2n) is 14.4. The van der Waals surface area contributed by atoms with Crippen LogP contribution in [0.5, 0.6) is 0 Å². The maximum atomic E-state index is 13.9. The number of sulfonamides is 1. The summed E-state index contributed by atoms with van der Waals surface area (Å²) in [6.07, 6.45) is 1.56. The second kappa shape index (κ2) is 17.2. The van der Waals surface area contributed by atoms with Gasteiger partial charge < -0.3 is 19.1 Å². The number of aromatic nitrogens is 3. The van der Waals surface area contributed by atoms with E-state index in [0.29, 0.717) is 29.0 Å². The van der Waals surface area contributed by atoms with Crippen molar-refractivity contribution in [2.75, 3.05) is 42.5 Å². The Morgan fingerprint density at radius 3 is 2.02 bits per heavy atom. The molecule has 14 nitrogen and oxygen atoms in total. The highest BCUT2D eigenvalue weighted by molar-refractivity contribution is 7.92. The number of fused-ring (bicyclic) bond motifs is 1. The monoisotopic (exact) mass is 804 g/mol. The topological polar surface area (TPSA) is 153 Å². The smallest absolute Gasteiger partial charge is 0.419 e. The fourth-order valence-corrected chi connectivity index (χ4v) is 7.13. The summed E-state index contributed by atoms with van der Waals surface area (Å²) in [6.45, 7) is 12.0. The van der Waals surface area contributed by atoms with E-state index in [0.717, 1.165) is 15.6 Å². The van der Waals surface area contributed by atoms with Crippen molar-refractivity contribution in [1.82, 2.24) is 19.7 Å². The van der Waals surface area contributed by atoms with Crippen molar-refractivity contribution in [2.24, 2.45) is 0 Å². The molecule has 2 aromatic heterocycles. The Kier molecular flexibility index (Phi) is 13.5. The normalized spacial score (nSPS) is 12.0. The molecule has 0 radical (unpaired) electrons. The molecule has 0 aliphatic carbocycles. The van der Waals surface area contributed by atoms with E-state index in [4.69, 9.17) is 37.4 Å². The van der Waals surface area contributed by atoms with Gasteiger partial charge in [-0.2, -0.15) is 0 Å². The summed E-state index contributed by atoms with van der Waals surface area (Å²) in [4.78, 5) is 41.1. The lowest BCUT2D eigenvalue weighted by Crippen LogP contribution is -2.46. The van der Waals surface area contributed by atoms with Crippen LogP contribution >= 0.6 is 23.2 Å². The predicted octanol–water partition coefficient (Wildman–Crippen LogP) is 7.87. The van der Waals surface area contributed by atoms with Crippen molar-refractivity contribution in [2.45, 2.75) is 77.4 Å². The molecule has 2 aromatic carbocycles. The summed E-state index contributed by atoms with van der Waals surface area (Å²) >= 11 is 12.3. The predicted molar refractivity (Wildman–Crippen MR) is 208 cm³/mol. The Hall–Kier alpha value is -4.60. The van der Waals surface area contributed by atoms with Crippen molar-refractivity contribution in [3.8, 4) is 5.82 Å². The number of benzene rings is 2. The highest BCUT2D eigenvalue weighted by Gasteiger charge is 2.32. The number of carbonyl (C=O) groups is 3. The van der Waals surface area contributed by atoms with E-state index >= 15 is 0 Å². The van der Waals surface area contributed by atoms with Crippen LogP contribution in [0.1, 0.15) is 61.3 Å². The molecule has 0 spiro atoms. The van der Waals surface area contributed by atoms with E-state index in [9.17, 15) is 22.8 Å². The van der Waals surface area contributed by atoms with Crippen LogP contribution in [0.2, 0.25) is 10.0 Å². The number of amides is 2. The molecule has 4 aromatic rings. The number of anilines is 2. The number of ether oxygens (including phenoxy) is 3. The number of unbranched alkanes of at least 4 members (excludes halogenated alkanes) is 1. The van der Waals surface area contributed by atoms with E-state index in [1.54, 1.807) is 101 Å². The van der Waals surface area contributed by atoms with Crippen LogP contribution < -0.4 is 9.21 Å². The maximum absolute atomic E-state index is 13.9. The average Bonchev–Trinajstić information content (AvgIpc) is 3.48. The molecule has 0 aliphatic rings. The van der Waals surface area contributed by atoms with E-state index in [1.165, 1.54) is 18.2 Å². The Morgan fingerprint density at radius 2 is 1.46 bits per heavy atom.